The maximum atomic E-state index is 8.94. The predicted octanol–water partition coefficient (Wildman–Crippen LogP) is 2.79. The minimum Gasteiger partial charge on any atom is -0.487 e. The van der Waals surface area contributed by atoms with Gasteiger partial charge < -0.3 is 10.1 Å². The topological polar surface area (TPSA) is 76.4 Å². The SMILES string of the molecule is CNc1ccccc1OCc1ccccc1C1CC1.NNC=O. The molecule has 0 heterocycles. The van der Waals surface area contributed by atoms with Gasteiger partial charge in [-0.15, -0.1) is 0 Å². The molecule has 0 spiro atoms. The van der Waals surface area contributed by atoms with Gasteiger partial charge in [0.2, 0.25) is 6.41 Å². The van der Waals surface area contributed by atoms with E-state index >= 15 is 0 Å². The molecule has 0 radical (unpaired) electrons. The van der Waals surface area contributed by atoms with E-state index in [1.165, 1.54) is 24.0 Å². The third-order valence-corrected chi connectivity index (χ3v) is 3.68. The van der Waals surface area contributed by atoms with Crippen LogP contribution in [0.5, 0.6) is 5.75 Å². The number of rotatable bonds is 6. The summed E-state index contributed by atoms with van der Waals surface area (Å²) in [7, 11) is 1.92. The molecule has 2 aromatic carbocycles. The van der Waals surface area contributed by atoms with E-state index in [2.05, 4.69) is 35.4 Å². The van der Waals surface area contributed by atoms with E-state index in [0.29, 0.717) is 13.0 Å². The molecule has 1 fully saturated rings. The Morgan fingerprint density at radius 1 is 1.17 bits per heavy atom. The van der Waals surface area contributed by atoms with Crippen molar-refractivity contribution in [3.63, 3.8) is 0 Å². The Bertz CT molecular complexity index is 627. The standard InChI is InChI=1S/C17H19NO.CH4N2O/c1-18-16-8-4-5-9-17(16)19-12-14-6-2-3-7-15(14)13-10-11-13;2-3-1-4/h2-9,13,18H,10-12H2,1H3;1H,2H2,(H,3,4). The summed E-state index contributed by atoms with van der Waals surface area (Å²) in [5.41, 5.74) is 5.56. The number of hydrogen-bond donors (Lipinski definition) is 3. The van der Waals surface area contributed by atoms with Gasteiger partial charge in [0.1, 0.15) is 12.4 Å². The van der Waals surface area contributed by atoms with E-state index in [0.717, 1.165) is 17.4 Å². The molecule has 5 heteroatoms. The van der Waals surface area contributed by atoms with Crippen LogP contribution >= 0.6 is 0 Å². The highest BCUT2D eigenvalue weighted by atomic mass is 16.5. The molecule has 4 N–H and O–H groups in total. The minimum absolute atomic E-state index is 0.403. The van der Waals surface area contributed by atoms with Crippen LogP contribution in [0.4, 0.5) is 5.69 Å². The molecule has 0 bridgehead atoms. The summed E-state index contributed by atoms with van der Waals surface area (Å²) in [4.78, 5) is 8.94. The number of amides is 1. The predicted molar refractivity (Wildman–Crippen MR) is 92.1 cm³/mol. The number of para-hydroxylation sites is 2. The number of carbonyl (C=O) groups excluding carboxylic acids is 1. The second-order valence-corrected chi connectivity index (χ2v) is 5.29. The van der Waals surface area contributed by atoms with Crippen molar-refractivity contribution in [2.45, 2.75) is 25.4 Å². The van der Waals surface area contributed by atoms with E-state index < -0.39 is 0 Å². The van der Waals surface area contributed by atoms with Crippen LogP contribution in [0, 0.1) is 0 Å². The van der Waals surface area contributed by atoms with Crippen molar-refractivity contribution in [3.05, 3.63) is 59.7 Å². The van der Waals surface area contributed by atoms with E-state index in [4.69, 9.17) is 9.53 Å². The number of ether oxygens (including phenoxy) is 1. The molecule has 1 saturated carbocycles. The van der Waals surface area contributed by atoms with Crippen LogP contribution in [-0.2, 0) is 11.4 Å². The summed E-state index contributed by atoms with van der Waals surface area (Å²) in [6.07, 6.45) is 3.05. The van der Waals surface area contributed by atoms with E-state index in [1.54, 1.807) is 5.43 Å². The Morgan fingerprint density at radius 2 is 1.83 bits per heavy atom. The molecule has 2 aromatic rings. The molecule has 0 unspecified atom stereocenters. The highest BCUT2D eigenvalue weighted by molar-refractivity contribution is 5.55. The van der Waals surface area contributed by atoms with Crippen LogP contribution in [0.25, 0.3) is 0 Å². The number of hydrazine groups is 1. The van der Waals surface area contributed by atoms with E-state index in [1.807, 2.05) is 31.3 Å². The van der Waals surface area contributed by atoms with Gasteiger partial charge in [0.15, 0.2) is 0 Å². The van der Waals surface area contributed by atoms with Crippen LogP contribution in [0.1, 0.15) is 29.9 Å². The van der Waals surface area contributed by atoms with Gasteiger partial charge in [0.05, 0.1) is 5.69 Å². The number of anilines is 1. The van der Waals surface area contributed by atoms with E-state index in [9.17, 15) is 0 Å². The normalized spacial score (nSPS) is 12.6. The summed E-state index contributed by atoms with van der Waals surface area (Å²) in [5, 5.41) is 3.16. The van der Waals surface area contributed by atoms with Gasteiger partial charge in [-0.3, -0.25) is 10.2 Å². The number of hydrogen-bond acceptors (Lipinski definition) is 4. The minimum atomic E-state index is 0.403. The van der Waals surface area contributed by atoms with E-state index in [-0.39, 0.29) is 0 Å². The zero-order chi connectivity index (χ0) is 16.5. The quantitative estimate of drug-likeness (QED) is 0.332. The molecule has 0 aliphatic heterocycles. The average Bonchev–Trinajstić information content (AvgIpc) is 3.45. The van der Waals surface area contributed by atoms with Crippen LogP contribution < -0.4 is 21.3 Å². The second kappa shape index (κ2) is 8.80. The largest absolute Gasteiger partial charge is 0.487 e. The van der Waals surface area contributed by atoms with Crippen molar-refractivity contribution in [3.8, 4) is 5.75 Å². The fraction of sp³-hybridized carbons (Fsp3) is 0.278. The molecule has 0 saturated heterocycles. The van der Waals surface area contributed by atoms with Crippen molar-refractivity contribution in [1.82, 2.24) is 5.43 Å². The number of carbonyl (C=O) groups is 1. The molecule has 1 amide bonds. The Labute approximate surface area is 136 Å². The maximum Gasteiger partial charge on any atom is 0.221 e. The number of nitrogens with two attached hydrogens (primary N) is 1. The Kier molecular flexibility index (Phi) is 6.44. The monoisotopic (exact) mass is 313 g/mol. The van der Waals surface area contributed by atoms with Crippen molar-refractivity contribution in [2.24, 2.45) is 5.84 Å². The van der Waals surface area contributed by atoms with Crippen molar-refractivity contribution in [2.75, 3.05) is 12.4 Å². The maximum absolute atomic E-state index is 8.94. The lowest BCUT2D eigenvalue weighted by Crippen LogP contribution is -2.18. The average molecular weight is 313 g/mol. The van der Waals surface area contributed by atoms with Crippen molar-refractivity contribution < 1.29 is 9.53 Å². The van der Waals surface area contributed by atoms with Crippen LogP contribution in [0.2, 0.25) is 0 Å². The summed E-state index contributed by atoms with van der Waals surface area (Å²) < 4.78 is 5.97. The molecule has 0 aromatic heterocycles. The fourth-order valence-electron chi connectivity index (χ4n) is 2.41. The van der Waals surface area contributed by atoms with Crippen molar-refractivity contribution >= 4 is 12.1 Å². The zero-order valence-corrected chi connectivity index (χ0v) is 13.3. The van der Waals surface area contributed by atoms with Gasteiger partial charge in [-0.05, 0) is 42.0 Å². The molecule has 23 heavy (non-hydrogen) atoms. The molecular weight excluding hydrogens is 290 g/mol. The number of nitrogens with one attached hydrogen (secondary N) is 2. The van der Waals surface area contributed by atoms with Gasteiger partial charge in [0.25, 0.3) is 0 Å². The van der Waals surface area contributed by atoms with Crippen LogP contribution in [0.3, 0.4) is 0 Å². The first-order chi connectivity index (χ1) is 11.3. The zero-order valence-electron chi connectivity index (χ0n) is 13.3. The smallest absolute Gasteiger partial charge is 0.221 e. The summed E-state index contributed by atoms with van der Waals surface area (Å²) in [5.74, 6) is 6.09. The third-order valence-electron chi connectivity index (χ3n) is 3.68. The fourth-order valence-corrected chi connectivity index (χ4v) is 2.41. The summed E-state index contributed by atoms with van der Waals surface area (Å²) in [6.45, 7) is 0.644. The molecule has 1 aliphatic rings. The lowest BCUT2D eigenvalue weighted by molar-refractivity contribution is -0.109. The van der Waals surface area contributed by atoms with Crippen molar-refractivity contribution in [1.29, 1.82) is 0 Å². The Balaban J connectivity index is 0.000000433. The van der Waals surface area contributed by atoms with Crippen LogP contribution in [0.15, 0.2) is 48.5 Å². The molecular formula is C18H23N3O2. The van der Waals surface area contributed by atoms with Gasteiger partial charge >= 0.3 is 0 Å². The first kappa shape index (κ1) is 16.8. The van der Waals surface area contributed by atoms with Gasteiger partial charge in [-0.25, -0.2) is 5.84 Å². The third kappa shape index (κ3) is 5.00. The van der Waals surface area contributed by atoms with Crippen LogP contribution in [-0.4, -0.2) is 13.5 Å². The first-order valence-corrected chi connectivity index (χ1v) is 7.67. The molecule has 1 aliphatic carbocycles. The summed E-state index contributed by atoms with van der Waals surface area (Å²) in [6, 6.07) is 16.7. The lowest BCUT2D eigenvalue weighted by Gasteiger charge is -2.13. The molecule has 0 atom stereocenters. The lowest BCUT2D eigenvalue weighted by atomic mass is 10.0. The summed E-state index contributed by atoms with van der Waals surface area (Å²) >= 11 is 0. The molecule has 122 valence electrons. The highest BCUT2D eigenvalue weighted by Crippen LogP contribution is 2.41. The first-order valence-electron chi connectivity index (χ1n) is 7.67. The van der Waals surface area contributed by atoms with Gasteiger partial charge in [0, 0.05) is 7.05 Å². The highest BCUT2D eigenvalue weighted by Gasteiger charge is 2.25. The second-order valence-electron chi connectivity index (χ2n) is 5.29. The Hall–Kier alpha value is -2.53. The van der Waals surface area contributed by atoms with Gasteiger partial charge in [-0.1, -0.05) is 36.4 Å². The number of benzene rings is 2. The molecule has 5 nitrogen and oxygen atoms in total. The Morgan fingerprint density at radius 3 is 2.48 bits per heavy atom. The molecule has 3 rings (SSSR count). The van der Waals surface area contributed by atoms with Gasteiger partial charge in [-0.2, -0.15) is 0 Å².